The Bertz CT molecular complexity index is 386. The third-order valence-electron chi connectivity index (χ3n) is 3.07. The van der Waals surface area contributed by atoms with E-state index in [1.807, 2.05) is 19.3 Å². The molecule has 0 aliphatic carbocycles. The zero-order chi connectivity index (χ0) is 13.5. The molecule has 1 aromatic heterocycles. The van der Waals surface area contributed by atoms with Gasteiger partial charge in [0.1, 0.15) is 11.7 Å². The quantitative estimate of drug-likeness (QED) is 0.329. The first kappa shape index (κ1) is 14.5. The Hall–Kier alpha value is -1.56. The number of nitrogens with two attached hydrogens (primary N) is 1. The number of imidazole rings is 1. The van der Waals surface area contributed by atoms with E-state index < -0.39 is 0 Å². The molecular formula is C12H23N5O. The molecule has 0 aliphatic rings. The molecule has 1 rings (SSSR count). The molecule has 0 atom stereocenters. The van der Waals surface area contributed by atoms with Gasteiger partial charge in [-0.2, -0.15) is 0 Å². The van der Waals surface area contributed by atoms with Crippen LogP contribution in [0.1, 0.15) is 26.1 Å². The molecule has 18 heavy (non-hydrogen) atoms. The van der Waals surface area contributed by atoms with Crippen LogP contribution in [-0.4, -0.2) is 44.6 Å². The number of hydrogen-bond acceptors (Lipinski definition) is 4. The summed E-state index contributed by atoms with van der Waals surface area (Å²) in [6.07, 6.45) is 4.38. The predicted molar refractivity (Wildman–Crippen MR) is 71.7 cm³/mol. The number of oxime groups is 1. The average Bonchev–Trinajstić information content (AvgIpc) is 2.74. The zero-order valence-electron chi connectivity index (χ0n) is 11.4. The van der Waals surface area contributed by atoms with E-state index in [1.54, 1.807) is 0 Å². The minimum atomic E-state index is 0.277. The third-order valence-corrected chi connectivity index (χ3v) is 3.07. The van der Waals surface area contributed by atoms with Gasteiger partial charge in [0.05, 0.1) is 0 Å². The molecule has 0 aliphatic heterocycles. The fourth-order valence-electron chi connectivity index (χ4n) is 1.81. The van der Waals surface area contributed by atoms with Crippen LogP contribution in [0.5, 0.6) is 0 Å². The van der Waals surface area contributed by atoms with E-state index in [0.29, 0.717) is 12.5 Å². The Balaban J connectivity index is 2.46. The van der Waals surface area contributed by atoms with E-state index >= 15 is 0 Å². The van der Waals surface area contributed by atoms with E-state index in [0.717, 1.165) is 25.5 Å². The second kappa shape index (κ2) is 7.00. The van der Waals surface area contributed by atoms with Crippen molar-refractivity contribution in [2.75, 3.05) is 13.1 Å². The molecule has 0 fully saturated rings. The lowest BCUT2D eigenvalue weighted by Crippen LogP contribution is -2.36. The van der Waals surface area contributed by atoms with Crippen LogP contribution in [0.15, 0.2) is 17.5 Å². The van der Waals surface area contributed by atoms with Crippen molar-refractivity contribution < 1.29 is 5.21 Å². The van der Waals surface area contributed by atoms with E-state index in [-0.39, 0.29) is 5.84 Å². The van der Waals surface area contributed by atoms with Crippen molar-refractivity contribution in [1.82, 2.24) is 14.5 Å². The van der Waals surface area contributed by atoms with Gasteiger partial charge >= 0.3 is 0 Å². The van der Waals surface area contributed by atoms with Crippen molar-refractivity contribution in [3.8, 4) is 0 Å². The highest BCUT2D eigenvalue weighted by molar-refractivity contribution is 5.79. The van der Waals surface area contributed by atoms with Crippen LogP contribution in [0, 0.1) is 6.92 Å². The molecule has 0 unspecified atom stereocenters. The van der Waals surface area contributed by atoms with Crippen LogP contribution >= 0.6 is 0 Å². The average molecular weight is 253 g/mol. The van der Waals surface area contributed by atoms with Gasteiger partial charge < -0.3 is 15.5 Å². The number of amidine groups is 1. The first-order chi connectivity index (χ1) is 8.54. The summed E-state index contributed by atoms with van der Waals surface area (Å²) in [5.41, 5.74) is 5.49. The molecule has 0 saturated heterocycles. The van der Waals surface area contributed by atoms with E-state index in [9.17, 15) is 0 Å². The summed E-state index contributed by atoms with van der Waals surface area (Å²) in [6.45, 7) is 8.91. The molecule has 0 aromatic carbocycles. The zero-order valence-corrected chi connectivity index (χ0v) is 11.4. The van der Waals surface area contributed by atoms with Crippen LogP contribution in [0.2, 0.25) is 0 Å². The highest BCUT2D eigenvalue weighted by Gasteiger charge is 2.10. The lowest BCUT2D eigenvalue weighted by atomic mass is 10.2. The van der Waals surface area contributed by atoms with Crippen molar-refractivity contribution >= 4 is 5.84 Å². The van der Waals surface area contributed by atoms with Crippen molar-refractivity contribution in [3.05, 3.63) is 18.2 Å². The Kier molecular flexibility index (Phi) is 5.64. The Morgan fingerprint density at radius 3 is 2.78 bits per heavy atom. The normalized spacial score (nSPS) is 12.6. The molecule has 0 amide bonds. The highest BCUT2D eigenvalue weighted by Crippen LogP contribution is 2.02. The van der Waals surface area contributed by atoms with Gasteiger partial charge in [0, 0.05) is 44.5 Å². The SMILES string of the molecule is Cc1nccn1CCN(CC/C(N)=N/O)C(C)C. The minimum absolute atomic E-state index is 0.277. The number of aryl methyl sites for hydroxylation is 1. The monoisotopic (exact) mass is 253 g/mol. The van der Waals surface area contributed by atoms with Crippen molar-refractivity contribution in [2.24, 2.45) is 10.9 Å². The van der Waals surface area contributed by atoms with Gasteiger partial charge in [0.15, 0.2) is 0 Å². The maximum atomic E-state index is 8.53. The van der Waals surface area contributed by atoms with E-state index in [1.165, 1.54) is 0 Å². The number of nitrogens with zero attached hydrogens (tertiary/aromatic N) is 4. The van der Waals surface area contributed by atoms with Crippen LogP contribution in [0.4, 0.5) is 0 Å². The van der Waals surface area contributed by atoms with Gasteiger partial charge in [0.25, 0.3) is 0 Å². The number of hydrogen-bond donors (Lipinski definition) is 2. The maximum absolute atomic E-state index is 8.53. The standard InChI is InChI=1S/C12H23N5O/c1-10(2)16(6-4-12(13)15-18)8-9-17-7-5-14-11(17)3/h5,7,10,18H,4,6,8-9H2,1-3H3,(H2,13,15). The Morgan fingerprint density at radius 1 is 1.56 bits per heavy atom. The van der Waals surface area contributed by atoms with Gasteiger partial charge in [-0.3, -0.25) is 4.90 Å². The number of aromatic nitrogens is 2. The van der Waals surface area contributed by atoms with Gasteiger partial charge in [-0.25, -0.2) is 4.98 Å². The molecule has 6 nitrogen and oxygen atoms in total. The highest BCUT2D eigenvalue weighted by atomic mass is 16.4. The van der Waals surface area contributed by atoms with Gasteiger partial charge in [-0.15, -0.1) is 0 Å². The first-order valence-electron chi connectivity index (χ1n) is 6.22. The molecule has 0 bridgehead atoms. The van der Waals surface area contributed by atoms with Gasteiger partial charge in [-0.05, 0) is 20.8 Å². The topological polar surface area (TPSA) is 79.7 Å². The minimum Gasteiger partial charge on any atom is -0.409 e. The third kappa shape index (κ3) is 4.37. The van der Waals surface area contributed by atoms with Gasteiger partial charge in [-0.1, -0.05) is 5.16 Å². The summed E-state index contributed by atoms with van der Waals surface area (Å²) >= 11 is 0. The second-order valence-corrected chi connectivity index (χ2v) is 4.64. The van der Waals surface area contributed by atoms with E-state index in [2.05, 4.69) is 33.5 Å². The summed E-state index contributed by atoms with van der Waals surface area (Å²) in [5.74, 6) is 1.30. The van der Waals surface area contributed by atoms with E-state index in [4.69, 9.17) is 10.9 Å². The Labute approximate surface area is 108 Å². The summed E-state index contributed by atoms with van der Waals surface area (Å²) in [5, 5.41) is 11.5. The largest absolute Gasteiger partial charge is 0.409 e. The Morgan fingerprint density at radius 2 is 2.28 bits per heavy atom. The fraction of sp³-hybridized carbons (Fsp3) is 0.667. The molecule has 102 valence electrons. The molecule has 0 saturated carbocycles. The molecule has 6 heteroatoms. The predicted octanol–water partition coefficient (Wildman–Crippen LogP) is 1.04. The van der Waals surface area contributed by atoms with Gasteiger partial charge in [0.2, 0.25) is 0 Å². The maximum Gasteiger partial charge on any atom is 0.140 e. The summed E-state index contributed by atoms with van der Waals surface area (Å²) in [4.78, 5) is 6.50. The smallest absolute Gasteiger partial charge is 0.140 e. The lowest BCUT2D eigenvalue weighted by molar-refractivity contribution is 0.217. The van der Waals surface area contributed by atoms with Crippen LogP contribution in [0.3, 0.4) is 0 Å². The van der Waals surface area contributed by atoms with Crippen LogP contribution in [-0.2, 0) is 6.54 Å². The molecule has 3 N–H and O–H groups in total. The first-order valence-corrected chi connectivity index (χ1v) is 6.22. The van der Waals surface area contributed by atoms with Crippen LogP contribution in [0.25, 0.3) is 0 Å². The second-order valence-electron chi connectivity index (χ2n) is 4.64. The van der Waals surface area contributed by atoms with Crippen molar-refractivity contribution in [2.45, 2.75) is 39.8 Å². The summed E-state index contributed by atoms with van der Waals surface area (Å²) in [7, 11) is 0. The molecular weight excluding hydrogens is 230 g/mol. The van der Waals surface area contributed by atoms with Crippen LogP contribution < -0.4 is 5.73 Å². The van der Waals surface area contributed by atoms with Crippen molar-refractivity contribution in [3.63, 3.8) is 0 Å². The fourth-order valence-corrected chi connectivity index (χ4v) is 1.81. The summed E-state index contributed by atoms with van der Waals surface area (Å²) < 4.78 is 2.12. The number of rotatable bonds is 7. The molecule has 1 heterocycles. The molecule has 1 aromatic rings. The molecule has 0 spiro atoms. The summed E-state index contributed by atoms with van der Waals surface area (Å²) in [6, 6.07) is 0.431. The van der Waals surface area contributed by atoms with Crippen molar-refractivity contribution in [1.29, 1.82) is 0 Å². The molecule has 0 radical (unpaired) electrons. The lowest BCUT2D eigenvalue weighted by Gasteiger charge is -2.26.